The number of quaternary nitrogens is 1. The largest absolute Gasteiger partial charge is 1.00 e. The second kappa shape index (κ2) is 9.71. The minimum Gasteiger partial charge on any atom is -1.00 e. The first kappa shape index (κ1) is 21.9. The van der Waals surface area contributed by atoms with Crippen molar-refractivity contribution in [1.82, 2.24) is 0 Å². The molecule has 0 aliphatic carbocycles. The first-order chi connectivity index (χ1) is 12.6. The molecule has 0 bridgehead atoms. The summed E-state index contributed by atoms with van der Waals surface area (Å²) in [7, 11) is 2.39. The van der Waals surface area contributed by atoms with Crippen molar-refractivity contribution in [3.63, 3.8) is 0 Å². The number of hydrogen-bond donors (Lipinski definition) is 0. The van der Waals surface area contributed by atoms with Gasteiger partial charge in [0.1, 0.15) is 5.41 Å². The molecule has 1 unspecified atom stereocenters. The fourth-order valence-corrected chi connectivity index (χ4v) is 4.81. The fraction of sp³-hybridized carbons (Fsp3) is 0.458. The van der Waals surface area contributed by atoms with Gasteiger partial charge < -0.3 is 28.5 Å². The number of nitriles is 1. The van der Waals surface area contributed by atoms with Gasteiger partial charge in [-0.1, -0.05) is 67.6 Å². The van der Waals surface area contributed by atoms with E-state index in [2.05, 4.69) is 68.6 Å². The first-order valence-corrected chi connectivity index (χ1v) is 9.97. The monoisotopic (exact) mass is 474 g/mol. The van der Waals surface area contributed by atoms with Crippen molar-refractivity contribution in [2.24, 2.45) is 5.92 Å². The van der Waals surface area contributed by atoms with Gasteiger partial charge in [0.2, 0.25) is 0 Å². The van der Waals surface area contributed by atoms with Crippen molar-refractivity contribution < 1.29 is 28.5 Å². The van der Waals surface area contributed by atoms with E-state index in [1.807, 2.05) is 12.1 Å². The van der Waals surface area contributed by atoms with Crippen molar-refractivity contribution >= 4 is 0 Å². The van der Waals surface area contributed by atoms with Crippen LogP contribution in [0, 0.1) is 17.2 Å². The Morgan fingerprint density at radius 3 is 1.74 bits per heavy atom. The Morgan fingerprint density at radius 2 is 1.33 bits per heavy atom. The number of rotatable bonds is 5. The summed E-state index contributed by atoms with van der Waals surface area (Å²) >= 11 is 0. The first-order valence-electron chi connectivity index (χ1n) is 9.97. The Bertz CT molecular complexity index is 688. The van der Waals surface area contributed by atoms with Crippen molar-refractivity contribution in [3.05, 3.63) is 71.8 Å². The lowest BCUT2D eigenvalue weighted by atomic mass is 9.67. The Morgan fingerprint density at radius 1 is 0.889 bits per heavy atom. The number of nitrogens with zero attached hydrogens (tertiary/aromatic N) is 2. The van der Waals surface area contributed by atoms with Crippen LogP contribution in [0.5, 0.6) is 0 Å². The molecule has 27 heavy (non-hydrogen) atoms. The van der Waals surface area contributed by atoms with Crippen LogP contribution < -0.4 is 24.0 Å². The average Bonchev–Trinajstić information content (AvgIpc) is 2.89. The van der Waals surface area contributed by atoms with Crippen LogP contribution in [0.4, 0.5) is 0 Å². The van der Waals surface area contributed by atoms with E-state index in [0.29, 0.717) is 0 Å². The third-order valence-electron chi connectivity index (χ3n) is 6.23. The molecule has 1 aliphatic heterocycles. The molecule has 144 valence electrons. The van der Waals surface area contributed by atoms with E-state index in [0.717, 1.165) is 22.2 Å². The number of benzene rings is 2. The molecule has 1 heterocycles. The normalized spacial score (nSPS) is 17.8. The van der Waals surface area contributed by atoms with E-state index in [1.54, 1.807) is 0 Å². The average molecular weight is 474 g/mol. The highest BCUT2D eigenvalue weighted by atomic mass is 127. The SMILES string of the molecule is CC(C[N+]1(C)CCCCCC1)C(C#N)(c1ccccc1)c1ccccc1.[I-]. The summed E-state index contributed by atoms with van der Waals surface area (Å²) in [6, 6.07) is 23.5. The summed E-state index contributed by atoms with van der Waals surface area (Å²) in [5, 5.41) is 10.5. The highest BCUT2D eigenvalue weighted by Gasteiger charge is 2.43. The zero-order valence-electron chi connectivity index (χ0n) is 16.6. The van der Waals surface area contributed by atoms with Gasteiger partial charge in [-0.3, -0.25) is 0 Å². The van der Waals surface area contributed by atoms with E-state index in [4.69, 9.17) is 0 Å². The molecule has 2 nitrogen and oxygen atoms in total. The summed E-state index contributed by atoms with van der Waals surface area (Å²) in [6.07, 6.45) is 5.31. The quantitative estimate of drug-likeness (QED) is 0.482. The maximum Gasteiger partial charge on any atom is 0.115 e. The molecule has 1 saturated heterocycles. The smallest absolute Gasteiger partial charge is 0.115 e. The van der Waals surface area contributed by atoms with Crippen LogP contribution >= 0.6 is 0 Å². The minimum atomic E-state index is -0.601. The second-order valence-electron chi connectivity index (χ2n) is 8.22. The van der Waals surface area contributed by atoms with E-state index in [-0.39, 0.29) is 29.9 Å². The van der Waals surface area contributed by atoms with Gasteiger partial charge in [-0.25, -0.2) is 0 Å². The zero-order valence-corrected chi connectivity index (χ0v) is 18.7. The number of likely N-dealkylation sites (tertiary alicyclic amines) is 1. The third-order valence-corrected chi connectivity index (χ3v) is 6.23. The van der Waals surface area contributed by atoms with E-state index in [1.165, 1.54) is 38.8 Å². The fourth-order valence-electron chi connectivity index (χ4n) is 4.81. The summed E-state index contributed by atoms with van der Waals surface area (Å²) in [6.45, 7) is 5.78. The second-order valence-corrected chi connectivity index (χ2v) is 8.22. The molecular formula is C24H31IN2. The highest BCUT2D eigenvalue weighted by molar-refractivity contribution is 5.46. The topological polar surface area (TPSA) is 23.8 Å². The molecule has 3 heteroatoms. The molecule has 0 saturated carbocycles. The minimum absolute atomic E-state index is 0. The molecule has 0 amide bonds. The summed E-state index contributed by atoms with van der Waals surface area (Å²) < 4.78 is 1.09. The maximum atomic E-state index is 10.5. The lowest BCUT2D eigenvalue weighted by molar-refractivity contribution is -0.912. The molecule has 1 atom stereocenters. The Labute approximate surface area is 181 Å². The molecule has 0 spiro atoms. The van der Waals surface area contributed by atoms with Crippen LogP contribution in [0.3, 0.4) is 0 Å². The van der Waals surface area contributed by atoms with Crippen LogP contribution in [0.1, 0.15) is 43.7 Å². The van der Waals surface area contributed by atoms with E-state index < -0.39 is 5.41 Å². The van der Waals surface area contributed by atoms with E-state index >= 15 is 0 Å². The van der Waals surface area contributed by atoms with Gasteiger partial charge in [0.25, 0.3) is 0 Å². The van der Waals surface area contributed by atoms with Crippen molar-refractivity contribution in [1.29, 1.82) is 5.26 Å². The Hall–Kier alpha value is -1.38. The van der Waals surface area contributed by atoms with Gasteiger partial charge >= 0.3 is 0 Å². The zero-order chi connectivity index (χ0) is 18.5. The lowest BCUT2D eigenvalue weighted by Crippen LogP contribution is -3.00. The number of halogens is 1. The summed E-state index contributed by atoms with van der Waals surface area (Å²) in [4.78, 5) is 0. The molecule has 2 aromatic rings. The van der Waals surface area contributed by atoms with Crippen LogP contribution in [-0.4, -0.2) is 31.2 Å². The van der Waals surface area contributed by atoms with Crippen LogP contribution in [0.25, 0.3) is 0 Å². The van der Waals surface area contributed by atoms with Crippen molar-refractivity contribution in [3.8, 4) is 6.07 Å². The molecular weight excluding hydrogens is 443 g/mol. The predicted molar refractivity (Wildman–Crippen MR) is 108 cm³/mol. The highest BCUT2D eigenvalue weighted by Crippen LogP contribution is 2.40. The van der Waals surface area contributed by atoms with Crippen LogP contribution in [0.2, 0.25) is 0 Å². The van der Waals surface area contributed by atoms with Gasteiger partial charge in [0, 0.05) is 5.92 Å². The summed E-state index contributed by atoms with van der Waals surface area (Å²) in [5.74, 6) is 0.236. The Kier molecular flexibility index (Phi) is 7.88. The summed E-state index contributed by atoms with van der Waals surface area (Å²) in [5.41, 5.74) is 1.63. The van der Waals surface area contributed by atoms with Crippen molar-refractivity contribution in [2.75, 3.05) is 26.7 Å². The van der Waals surface area contributed by atoms with Gasteiger partial charge in [0.05, 0.1) is 32.8 Å². The molecule has 3 rings (SSSR count). The van der Waals surface area contributed by atoms with Gasteiger partial charge in [-0.05, 0) is 36.8 Å². The lowest BCUT2D eigenvalue weighted by Gasteiger charge is -2.41. The number of hydrogen-bond acceptors (Lipinski definition) is 1. The predicted octanol–water partition coefficient (Wildman–Crippen LogP) is 2.16. The third kappa shape index (κ3) is 4.73. The molecule has 0 N–H and O–H groups in total. The Balaban J connectivity index is 0.00000261. The van der Waals surface area contributed by atoms with Crippen LogP contribution in [0.15, 0.2) is 60.7 Å². The molecule has 1 aliphatic rings. The van der Waals surface area contributed by atoms with Crippen molar-refractivity contribution in [2.45, 2.75) is 38.0 Å². The maximum absolute atomic E-state index is 10.5. The van der Waals surface area contributed by atoms with Gasteiger partial charge in [0.15, 0.2) is 0 Å². The van der Waals surface area contributed by atoms with Gasteiger partial charge in [-0.2, -0.15) is 5.26 Å². The molecule has 2 aromatic carbocycles. The molecule has 0 aromatic heterocycles. The van der Waals surface area contributed by atoms with Crippen LogP contribution in [-0.2, 0) is 5.41 Å². The molecule has 0 radical (unpaired) electrons. The molecule has 1 fully saturated rings. The van der Waals surface area contributed by atoms with Gasteiger partial charge in [-0.15, -0.1) is 0 Å². The van der Waals surface area contributed by atoms with E-state index in [9.17, 15) is 5.26 Å². The standard InChI is InChI=1S/C24H31N2.HI/c1-21(19-26(2)17-11-3-4-12-18-26)24(20-25,22-13-7-5-8-14-22)23-15-9-6-10-16-23;/h5-10,13-16,21H,3-4,11-12,17-19H2,1-2H3;1H/q+1;/p-1.